The van der Waals surface area contributed by atoms with Crippen LogP contribution in [-0.4, -0.2) is 14.8 Å². The average Bonchev–Trinajstić information content (AvgIpc) is 2.04. The number of aromatic nitrogens is 3. The molecule has 0 fully saturated rings. The minimum absolute atomic E-state index is 0.139. The second-order valence-corrected chi connectivity index (χ2v) is 3.69. The van der Waals surface area contributed by atoms with Crippen LogP contribution in [0.4, 0.5) is 0 Å². The van der Waals surface area contributed by atoms with Gasteiger partial charge in [0.05, 0.1) is 5.69 Å². The molecule has 0 aliphatic heterocycles. The molecule has 1 aromatic heterocycles. The molecular weight excluding hydrogens is 166 g/mol. The van der Waals surface area contributed by atoms with Gasteiger partial charge in [0.25, 0.3) is 0 Å². The molecule has 0 aliphatic carbocycles. The average molecular weight is 181 g/mol. The third-order valence-electron chi connectivity index (χ3n) is 1.89. The van der Waals surface area contributed by atoms with Gasteiger partial charge in [-0.3, -0.25) is 4.57 Å². The highest BCUT2D eigenvalue weighted by Crippen LogP contribution is 2.09. The summed E-state index contributed by atoms with van der Waals surface area (Å²) in [5.41, 5.74) is 0.577. The zero-order chi connectivity index (χ0) is 10.0. The van der Waals surface area contributed by atoms with Crippen LogP contribution in [0.1, 0.15) is 45.3 Å². The van der Waals surface area contributed by atoms with Crippen LogP contribution in [-0.2, 0) is 0 Å². The van der Waals surface area contributed by atoms with Gasteiger partial charge in [-0.2, -0.15) is 0 Å². The molecule has 0 atom stereocenters. The largest absolute Gasteiger partial charge is 0.366 e. The first-order chi connectivity index (χ1) is 6.02. The summed E-state index contributed by atoms with van der Waals surface area (Å²) >= 11 is 0. The minimum Gasteiger partial charge on any atom is -0.294 e. The number of hydrogen-bond acceptors (Lipinski definition) is 3. The Bertz CT molecular complexity index is 341. The molecule has 72 valence electrons. The molecule has 0 amide bonds. The Balaban J connectivity index is 3.19. The topological polar surface area (TPSA) is 47.8 Å². The van der Waals surface area contributed by atoms with Crippen LogP contribution in [0, 0.1) is 0 Å². The molecule has 1 rings (SSSR count). The third-order valence-corrected chi connectivity index (χ3v) is 1.89. The number of rotatable bonds is 2. The number of nitrogens with zero attached hydrogens (tertiary/aromatic N) is 3. The molecular formula is C9H15N3O. The lowest BCUT2D eigenvalue weighted by Crippen LogP contribution is -2.26. The van der Waals surface area contributed by atoms with E-state index in [4.69, 9.17) is 0 Å². The second kappa shape index (κ2) is 3.68. The van der Waals surface area contributed by atoms with Crippen LogP contribution in [0.3, 0.4) is 0 Å². The molecule has 0 saturated heterocycles. The minimum atomic E-state index is -0.278. The summed E-state index contributed by atoms with van der Waals surface area (Å²) in [7, 11) is 0. The fourth-order valence-corrected chi connectivity index (χ4v) is 1.01. The van der Waals surface area contributed by atoms with Gasteiger partial charge in [-0.05, 0) is 19.8 Å². The van der Waals surface area contributed by atoms with Crippen molar-refractivity contribution >= 4 is 0 Å². The Hall–Kier alpha value is -1.19. The lowest BCUT2D eigenvalue weighted by Gasteiger charge is -2.10. The van der Waals surface area contributed by atoms with Crippen molar-refractivity contribution in [3.8, 4) is 0 Å². The summed E-state index contributed by atoms with van der Waals surface area (Å²) in [4.78, 5) is 11.2. The zero-order valence-corrected chi connectivity index (χ0v) is 8.48. The van der Waals surface area contributed by atoms with E-state index in [0.717, 1.165) is 5.69 Å². The lowest BCUT2D eigenvalue weighted by atomic mass is 10.1. The molecule has 13 heavy (non-hydrogen) atoms. The normalized spacial score (nSPS) is 11.2. The van der Waals surface area contributed by atoms with Crippen LogP contribution in [0.15, 0.2) is 11.0 Å². The molecule has 0 spiro atoms. The summed E-state index contributed by atoms with van der Waals surface area (Å²) in [5.74, 6) is 0.304. The predicted octanol–water partition coefficient (Wildman–Crippen LogP) is 1.34. The highest BCUT2D eigenvalue weighted by Gasteiger charge is 2.06. The molecule has 0 N–H and O–H groups in total. The third kappa shape index (κ3) is 2.14. The first-order valence-electron chi connectivity index (χ1n) is 4.48. The summed E-state index contributed by atoms with van der Waals surface area (Å²) in [5, 5.41) is 7.42. The van der Waals surface area contributed by atoms with E-state index < -0.39 is 0 Å². The Kier molecular flexibility index (Phi) is 2.80. The Labute approximate surface area is 77.6 Å². The van der Waals surface area contributed by atoms with E-state index in [1.807, 2.05) is 27.7 Å². The second-order valence-electron chi connectivity index (χ2n) is 3.69. The highest BCUT2D eigenvalue weighted by atomic mass is 16.1. The maximum absolute atomic E-state index is 11.2. The van der Waals surface area contributed by atoms with Crippen molar-refractivity contribution in [1.82, 2.24) is 14.8 Å². The molecule has 4 heteroatoms. The fourth-order valence-electron chi connectivity index (χ4n) is 1.01. The summed E-state index contributed by atoms with van der Waals surface area (Å²) < 4.78 is 1.60. The van der Waals surface area contributed by atoms with Gasteiger partial charge >= 0.3 is 5.69 Å². The van der Waals surface area contributed by atoms with E-state index in [1.165, 1.54) is 0 Å². The molecule has 0 radical (unpaired) electrons. The van der Waals surface area contributed by atoms with Crippen LogP contribution in [0.25, 0.3) is 0 Å². The quantitative estimate of drug-likeness (QED) is 0.691. The van der Waals surface area contributed by atoms with Gasteiger partial charge < -0.3 is 0 Å². The van der Waals surface area contributed by atoms with Crippen molar-refractivity contribution in [2.24, 2.45) is 0 Å². The lowest BCUT2D eigenvalue weighted by molar-refractivity contribution is 0.538. The van der Waals surface area contributed by atoms with Crippen LogP contribution >= 0.6 is 0 Å². The van der Waals surface area contributed by atoms with Crippen molar-refractivity contribution in [2.45, 2.75) is 39.7 Å². The van der Waals surface area contributed by atoms with E-state index in [-0.39, 0.29) is 11.7 Å². The SMILES string of the molecule is CC(C)c1cn(C(C)C)c(=O)nn1. The standard InChI is InChI=1S/C9H15N3O/c1-6(2)8-5-12(7(3)4)9(13)11-10-8/h5-7H,1-4H3. The summed E-state index contributed by atoms with van der Waals surface area (Å²) in [6.07, 6.45) is 1.78. The van der Waals surface area contributed by atoms with Gasteiger partial charge in [0.15, 0.2) is 0 Å². The van der Waals surface area contributed by atoms with Gasteiger partial charge in [-0.1, -0.05) is 18.9 Å². The molecule has 0 saturated carbocycles. The zero-order valence-electron chi connectivity index (χ0n) is 8.48. The molecule has 1 heterocycles. The van der Waals surface area contributed by atoms with Crippen molar-refractivity contribution in [3.63, 3.8) is 0 Å². The first kappa shape index (κ1) is 9.89. The maximum atomic E-state index is 11.2. The van der Waals surface area contributed by atoms with Crippen LogP contribution in [0.2, 0.25) is 0 Å². The van der Waals surface area contributed by atoms with Gasteiger partial charge in [0.2, 0.25) is 0 Å². The van der Waals surface area contributed by atoms with E-state index in [1.54, 1.807) is 10.8 Å². The van der Waals surface area contributed by atoms with Crippen LogP contribution < -0.4 is 5.69 Å². The summed E-state index contributed by atoms with van der Waals surface area (Å²) in [6, 6.07) is 0.139. The Morgan fingerprint density at radius 3 is 2.31 bits per heavy atom. The van der Waals surface area contributed by atoms with Crippen molar-refractivity contribution in [1.29, 1.82) is 0 Å². The highest BCUT2D eigenvalue weighted by molar-refractivity contribution is 4.99. The molecule has 1 aromatic rings. The van der Waals surface area contributed by atoms with Crippen molar-refractivity contribution in [2.75, 3.05) is 0 Å². The van der Waals surface area contributed by atoms with Gasteiger partial charge in [-0.15, -0.1) is 5.10 Å². The summed E-state index contributed by atoms with van der Waals surface area (Å²) in [6.45, 7) is 7.96. The number of hydrogen-bond donors (Lipinski definition) is 0. The first-order valence-corrected chi connectivity index (χ1v) is 4.48. The van der Waals surface area contributed by atoms with Crippen molar-refractivity contribution < 1.29 is 0 Å². The van der Waals surface area contributed by atoms with Crippen LogP contribution in [0.5, 0.6) is 0 Å². The molecule has 4 nitrogen and oxygen atoms in total. The van der Waals surface area contributed by atoms with E-state index in [2.05, 4.69) is 10.2 Å². The molecule has 0 aliphatic rings. The molecule has 0 bridgehead atoms. The van der Waals surface area contributed by atoms with E-state index in [9.17, 15) is 4.79 Å². The van der Waals surface area contributed by atoms with E-state index in [0.29, 0.717) is 5.92 Å². The van der Waals surface area contributed by atoms with Gasteiger partial charge in [0, 0.05) is 12.2 Å². The fraction of sp³-hybridized carbons (Fsp3) is 0.667. The molecule has 0 aromatic carbocycles. The predicted molar refractivity (Wildman–Crippen MR) is 50.8 cm³/mol. The van der Waals surface area contributed by atoms with Gasteiger partial charge in [-0.25, -0.2) is 4.79 Å². The Morgan fingerprint density at radius 2 is 1.85 bits per heavy atom. The smallest absolute Gasteiger partial charge is 0.294 e. The van der Waals surface area contributed by atoms with Gasteiger partial charge in [0.1, 0.15) is 0 Å². The maximum Gasteiger partial charge on any atom is 0.366 e. The van der Waals surface area contributed by atoms with Crippen molar-refractivity contribution in [3.05, 3.63) is 22.4 Å². The molecule has 0 unspecified atom stereocenters. The monoisotopic (exact) mass is 181 g/mol. The Morgan fingerprint density at radius 1 is 1.23 bits per heavy atom. The van der Waals surface area contributed by atoms with E-state index >= 15 is 0 Å².